The molecule has 29 heavy (non-hydrogen) atoms. The zero-order chi connectivity index (χ0) is 20.6. The number of methoxy groups -OCH3 is 1. The summed E-state index contributed by atoms with van der Waals surface area (Å²) >= 11 is 1.38. The fourth-order valence-electron chi connectivity index (χ4n) is 2.52. The van der Waals surface area contributed by atoms with Gasteiger partial charge in [-0.1, -0.05) is 12.1 Å². The lowest BCUT2D eigenvalue weighted by atomic mass is 10.2. The molecule has 0 saturated heterocycles. The van der Waals surface area contributed by atoms with E-state index < -0.39 is 5.82 Å². The average Bonchev–Trinajstić information content (AvgIpc) is 2.74. The lowest BCUT2D eigenvalue weighted by Gasteiger charge is -2.10. The summed E-state index contributed by atoms with van der Waals surface area (Å²) in [6.45, 7) is 0. The van der Waals surface area contributed by atoms with Gasteiger partial charge in [-0.05, 0) is 60.7 Å². The molecule has 3 aromatic rings. The van der Waals surface area contributed by atoms with Crippen molar-refractivity contribution in [1.82, 2.24) is 0 Å². The molecule has 0 bridgehead atoms. The average molecular weight is 410 g/mol. The van der Waals surface area contributed by atoms with E-state index in [4.69, 9.17) is 4.74 Å². The number of nitrogens with one attached hydrogen (secondary N) is 2. The van der Waals surface area contributed by atoms with Crippen molar-refractivity contribution in [2.24, 2.45) is 0 Å². The number of amides is 2. The Kier molecular flexibility index (Phi) is 6.86. The van der Waals surface area contributed by atoms with E-state index in [2.05, 4.69) is 10.6 Å². The van der Waals surface area contributed by atoms with E-state index in [1.807, 2.05) is 24.3 Å². The maximum absolute atomic E-state index is 12.9. The highest BCUT2D eigenvalue weighted by Crippen LogP contribution is 2.25. The van der Waals surface area contributed by atoms with Crippen molar-refractivity contribution >= 4 is 35.0 Å². The third-order valence-electron chi connectivity index (χ3n) is 3.97. The maximum atomic E-state index is 12.9. The van der Waals surface area contributed by atoms with Gasteiger partial charge in [-0.3, -0.25) is 9.59 Å². The summed E-state index contributed by atoms with van der Waals surface area (Å²) in [5.41, 5.74) is 1.61. The Morgan fingerprint density at radius 2 is 1.62 bits per heavy atom. The third kappa shape index (κ3) is 5.83. The summed E-state index contributed by atoms with van der Waals surface area (Å²) in [6.07, 6.45) is 0. The molecule has 0 aliphatic heterocycles. The molecule has 5 nitrogen and oxygen atoms in total. The van der Waals surface area contributed by atoms with Crippen molar-refractivity contribution in [3.63, 3.8) is 0 Å². The van der Waals surface area contributed by atoms with E-state index in [9.17, 15) is 14.0 Å². The van der Waals surface area contributed by atoms with E-state index >= 15 is 0 Å². The van der Waals surface area contributed by atoms with Crippen LogP contribution in [-0.2, 0) is 4.79 Å². The van der Waals surface area contributed by atoms with Crippen LogP contribution < -0.4 is 15.4 Å². The maximum Gasteiger partial charge on any atom is 0.255 e. The molecule has 0 aliphatic rings. The molecule has 0 fully saturated rings. The Bertz CT molecular complexity index is 992. The van der Waals surface area contributed by atoms with Gasteiger partial charge in [-0.15, -0.1) is 11.8 Å². The minimum absolute atomic E-state index is 0.145. The van der Waals surface area contributed by atoms with Crippen molar-refractivity contribution in [3.8, 4) is 5.75 Å². The number of halogens is 1. The number of rotatable bonds is 7. The van der Waals surface area contributed by atoms with Gasteiger partial charge in [0.1, 0.15) is 11.6 Å². The van der Waals surface area contributed by atoms with Gasteiger partial charge in [0.15, 0.2) is 0 Å². The standard InChI is InChI=1S/C22H19FN2O3S/c1-28-20-5-3-2-4-19(20)25-21(26)14-29-18-12-10-17(11-13-18)24-22(27)15-6-8-16(23)9-7-15/h2-13H,14H2,1H3,(H,24,27)(H,25,26). The van der Waals surface area contributed by atoms with E-state index in [0.717, 1.165) is 4.90 Å². The minimum Gasteiger partial charge on any atom is -0.495 e. The van der Waals surface area contributed by atoms with Crippen LogP contribution in [0.3, 0.4) is 0 Å². The SMILES string of the molecule is COc1ccccc1NC(=O)CSc1ccc(NC(=O)c2ccc(F)cc2)cc1. The highest BCUT2D eigenvalue weighted by Gasteiger charge is 2.09. The number of hydrogen-bond donors (Lipinski definition) is 2. The van der Waals surface area contributed by atoms with Crippen LogP contribution in [0.5, 0.6) is 5.75 Å². The summed E-state index contributed by atoms with van der Waals surface area (Å²) in [5.74, 6) is -0.0150. The molecule has 0 heterocycles. The molecule has 0 unspecified atom stereocenters. The molecule has 2 amide bonds. The van der Waals surface area contributed by atoms with Crippen molar-refractivity contribution in [3.05, 3.63) is 84.2 Å². The molecule has 0 aromatic heterocycles. The fraction of sp³-hybridized carbons (Fsp3) is 0.0909. The Labute approximate surface area is 172 Å². The molecule has 0 aliphatic carbocycles. The van der Waals surface area contributed by atoms with Gasteiger partial charge in [-0.2, -0.15) is 0 Å². The predicted octanol–water partition coefficient (Wildman–Crippen LogP) is 4.82. The van der Waals surface area contributed by atoms with Gasteiger partial charge in [-0.25, -0.2) is 4.39 Å². The molecule has 2 N–H and O–H groups in total. The van der Waals surface area contributed by atoms with Gasteiger partial charge in [0.2, 0.25) is 5.91 Å². The third-order valence-corrected chi connectivity index (χ3v) is 4.98. The number of carbonyl (C=O) groups excluding carboxylic acids is 2. The van der Waals surface area contributed by atoms with Crippen LogP contribution in [0.2, 0.25) is 0 Å². The molecule has 0 atom stereocenters. The van der Waals surface area contributed by atoms with Crippen LogP contribution in [0.1, 0.15) is 10.4 Å². The fourth-order valence-corrected chi connectivity index (χ4v) is 3.22. The Morgan fingerprint density at radius 3 is 2.31 bits per heavy atom. The van der Waals surface area contributed by atoms with E-state index in [1.165, 1.54) is 36.0 Å². The summed E-state index contributed by atoms with van der Waals surface area (Å²) in [4.78, 5) is 25.2. The summed E-state index contributed by atoms with van der Waals surface area (Å²) in [7, 11) is 1.55. The molecule has 3 aromatic carbocycles. The van der Waals surface area contributed by atoms with E-state index in [-0.39, 0.29) is 17.6 Å². The first-order chi connectivity index (χ1) is 14.0. The van der Waals surface area contributed by atoms with E-state index in [0.29, 0.717) is 22.7 Å². The lowest BCUT2D eigenvalue weighted by molar-refractivity contribution is -0.113. The quantitative estimate of drug-likeness (QED) is 0.548. The predicted molar refractivity (Wildman–Crippen MR) is 113 cm³/mol. The Hall–Kier alpha value is -3.32. The molecule has 3 rings (SSSR count). The van der Waals surface area contributed by atoms with Crippen LogP contribution in [0, 0.1) is 5.82 Å². The number of thioether (sulfide) groups is 1. The van der Waals surface area contributed by atoms with Crippen LogP contribution in [0.4, 0.5) is 15.8 Å². The lowest BCUT2D eigenvalue weighted by Crippen LogP contribution is -2.14. The minimum atomic E-state index is -0.391. The van der Waals surface area contributed by atoms with Crippen LogP contribution in [0.15, 0.2) is 77.7 Å². The van der Waals surface area contributed by atoms with Crippen LogP contribution in [0.25, 0.3) is 0 Å². The smallest absolute Gasteiger partial charge is 0.255 e. The highest BCUT2D eigenvalue weighted by molar-refractivity contribution is 8.00. The van der Waals surface area contributed by atoms with Crippen molar-refractivity contribution in [2.75, 3.05) is 23.5 Å². The van der Waals surface area contributed by atoms with Crippen LogP contribution >= 0.6 is 11.8 Å². The second-order valence-electron chi connectivity index (χ2n) is 6.02. The second kappa shape index (κ2) is 9.75. The number of ether oxygens (including phenoxy) is 1. The first kappa shape index (κ1) is 20.4. The molecular formula is C22H19FN2O3S. The van der Waals surface area contributed by atoms with Crippen molar-refractivity contribution < 1.29 is 18.7 Å². The number of carbonyl (C=O) groups is 2. The Balaban J connectivity index is 1.52. The zero-order valence-corrected chi connectivity index (χ0v) is 16.5. The molecule has 0 spiro atoms. The van der Waals surface area contributed by atoms with Gasteiger partial charge in [0.25, 0.3) is 5.91 Å². The first-order valence-corrected chi connectivity index (χ1v) is 9.76. The zero-order valence-electron chi connectivity index (χ0n) is 15.6. The summed E-state index contributed by atoms with van der Waals surface area (Å²) in [5, 5.41) is 5.57. The molecule has 148 valence electrons. The van der Waals surface area contributed by atoms with Gasteiger partial charge in [0, 0.05) is 16.1 Å². The normalized spacial score (nSPS) is 10.3. The Morgan fingerprint density at radius 1 is 0.931 bits per heavy atom. The molecule has 0 radical (unpaired) electrons. The molecule has 7 heteroatoms. The second-order valence-corrected chi connectivity index (χ2v) is 7.07. The summed E-state index contributed by atoms with van der Waals surface area (Å²) in [6, 6.07) is 19.7. The van der Waals surface area contributed by atoms with Gasteiger partial charge in [0.05, 0.1) is 18.6 Å². The number of hydrogen-bond acceptors (Lipinski definition) is 4. The van der Waals surface area contributed by atoms with Crippen LogP contribution in [-0.4, -0.2) is 24.7 Å². The topological polar surface area (TPSA) is 67.4 Å². The monoisotopic (exact) mass is 410 g/mol. The molecular weight excluding hydrogens is 391 g/mol. The van der Waals surface area contributed by atoms with Gasteiger partial charge >= 0.3 is 0 Å². The number of anilines is 2. The van der Waals surface area contributed by atoms with E-state index in [1.54, 1.807) is 31.4 Å². The highest BCUT2D eigenvalue weighted by atomic mass is 32.2. The molecule has 0 saturated carbocycles. The first-order valence-electron chi connectivity index (χ1n) is 8.78. The number of para-hydroxylation sites is 2. The van der Waals surface area contributed by atoms with Crippen molar-refractivity contribution in [2.45, 2.75) is 4.90 Å². The van der Waals surface area contributed by atoms with Crippen molar-refractivity contribution in [1.29, 1.82) is 0 Å². The summed E-state index contributed by atoms with van der Waals surface area (Å²) < 4.78 is 18.2. The van der Waals surface area contributed by atoms with Gasteiger partial charge < -0.3 is 15.4 Å². The largest absolute Gasteiger partial charge is 0.495 e. The number of benzene rings is 3.